The Labute approximate surface area is 153 Å². The van der Waals surface area contributed by atoms with Crippen molar-refractivity contribution in [1.82, 2.24) is 15.3 Å². The predicted octanol–water partition coefficient (Wildman–Crippen LogP) is 1.99. The van der Waals surface area contributed by atoms with E-state index >= 15 is 0 Å². The molecule has 2 amide bonds. The van der Waals surface area contributed by atoms with Crippen molar-refractivity contribution in [2.24, 2.45) is 11.8 Å². The number of H-pyrrole nitrogens is 1. The molecule has 6 heteroatoms. The van der Waals surface area contributed by atoms with Gasteiger partial charge in [0.05, 0.1) is 5.69 Å². The lowest BCUT2D eigenvalue weighted by molar-refractivity contribution is -0.125. The van der Waals surface area contributed by atoms with Crippen molar-refractivity contribution < 1.29 is 9.59 Å². The average Bonchev–Trinajstić information content (AvgIpc) is 3.21. The van der Waals surface area contributed by atoms with E-state index < -0.39 is 0 Å². The number of hydrogen-bond acceptors (Lipinski definition) is 3. The van der Waals surface area contributed by atoms with E-state index in [-0.39, 0.29) is 23.7 Å². The largest absolute Gasteiger partial charge is 0.355 e. The summed E-state index contributed by atoms with van der Waals surface area (Å²) >= 11 is 0. The highest BCUT2D eigenvalue weighted by Crippen LogP contribution is 2.26. The Hall–Kier alpha value is -2.63. The Morgan fingerprint density at radius 2 is 2.12 bits per heavy atom. The second-order valence-corrected chi connectivity index (χ2v) is 7.34. The zero-order chi connectivity index (χ0) is 18.1. The fourth-order valence-corrected chi connectivity index (χ4v) is 4.01. The summed E-state index contributed by atoms with van der Waals surface area (Å²) in [4.78, 5) is 34.4. The zero-order valence-corrected chi connectivity index (χ0v) is 15.0. The quantitative estimate of drug-likeness (QED) is 0.883. The number of anilines is 1. The van der Waals surface area contributed by atoms with Crippen LogP contribution in [-0.4, -0.2) is 34.9 Å². The number of rotatable bonds is 4. The summed E-state index contributed by atoms with van der Waals surface area (Å²) in [6.07, 6.45) is 2.90. The van der Waals surface area contributed by atoms with E-state index in [0.29, 0.717) is 19.5 Å². The Morgan fingerprint density at radius 3 is 2.92 bits per heavy atom. The molecule has 1 aliphatic heterocycles. The van der Waals surface area contributed by atoms with E-state index in [9.17, 15) is 9.59 Å². The van der Waals surface area contributed by atoms with E-state index in [1.54, 1.807) is 0 Å². The third kappa shape index (κ3) is 3.36. The van der Waals surface area contributed by atoms with E-state index in [0.717, 1.165) is 42.2 Å². The molecule has 4 rings (SSSR count). The molecule has 0 unspecified atom stereocenters. The monoisotopic (exact) mass is 352 g/mol. The van der Waals surface area contributed by atoms with Gasteiger partial charge in [0.2, 0.25) is 11.8 Å². The third-order valence-electron chi connectivity index (χ3n) is 5.37. The normalized spacial score (nSPS) is 22.3. The van der Waals surface area contributed by atoms with Crippen LogP contribution in [0.1, 0.15) is 30.1 Å². The SMILES string of the molecule is Cc1nc2c([nH]1)C[C@H](C(=O)NC[C@@H]1CC(=O)N(c3ccccc3)C1)CC2. The molecule has 2 aliphatic rings. The summed E-state index contributed by atoms with van der Waals surface area (Å²) in [6.45, 7) is 3.17. The molecule has 2 atom stereocenters. The van der Waals surface area contributed by atoms with E-state index in [1.807, 2.05) is 42.2 Å². The molecule has 26 heavy (non-hydrogen) atoms. The highest BCUT2D eigenvalue weighted by Gasteiger charge is 2.32. The van der Waals surface area contributed by atoms with Crippen LogP contribution in [0.25, 0.3) is 0 Å². The maximum Gasteiger partial charge on any atom is 0.227 e. The predicted molar refractivity (Wildman–Crippen MR) is 98.8 cm³/mol. The van der Waals surface area contributed by atoms with Crippen LogP contribution in [0.2, 0.25) is 0 Å². The second-order valence-electron chi connectivity index (χ2n) is 7.34. The minimum Gasteiger partial charge on any atom is -0.355 e. The molecule has 1 aromatic heterocycles. The lowest BCUT2D eigenvalue weighted by Crippen LogP contribution is -2.37. The van der Waals surface area contributed by atoms with Gasteiger partial charge < -0.3 is 15.2 Å². The van der Waals surface area contributed by atoms with Gasteiger partial charge in [0.1, 0.15) is 5.82 Å². The molecular weight excluding hydrogens is 328 g/mol. The van der Waals surface area contributed by atoms with Gasteiger partial charge in [0.25, 0.3) is 0 Å². The summed E-state index contributed by atoms with van der Waals surface area (Å²) < 4.78 is 0. The van der Waals surface area contributed by atoms with Crippen molar-refractivity contribution in [3.8, 4) is 0 Å². The first-order valence-electron chi connectivity index (χ1n) is 9.27. The van der Waals surface area contributed by atoms with Crippen molar-refractivity contribution in [2.45, 2.75) is 32.6 Å². The molecule has 0 bridgehead atoms. The van der Waals surface area contributed by atoms with Gasteiger partial charge in [-0.15, -0.1) is 0 Å². The summed E-state index contributed by atoms with van der Waals surface area (Å²) in [7, 11) is 0. The van der Waals surface area contributed by atoms with Crippen LogP contribution in [-0.2, 0) is 22.4 Å². The smallest absolute Gasteiger partial charge is 0.227 e. The zero-order valence-electron chi connectivity index (χ0n) is 15.0. The third-order valence-corrected chi connectivity index (χ3v) is 5.37. The van der Waals surface area contributed by atoms with Gasteiger partial charge in [-0.2, -0.15) is 0 Å². The van der Waals surface area contributed by atoms with Gasteiger partial charge in [-0.25, -0.2) is 4.98 Å². The molecule has 1 aliphatic carbocycles. The maximum absolute atomic E-state index is 12.6. The Bertz CT molecular complexity index is 814. The molecule has 2 heterocycles. The van der Waals surface area contributed by atoms with Crippen LogP contribution in [0, 0.1) is 18.8 Å². The number of imidazole rings is 1. The summed E-state index contributed by atoms with van der Waals surface area (Å²) in [5.74, 6) is 1.30. The summed E-state index contributed by atoms with van der Waals surface area (Å²) in [6, 6.07) is 9.71. The molecule has 136 valence electrons. The lowest BCUT2D eigenvalue weighted by Gasteiger charge is -2.21. The fourth-order valence-electron chi connectivity index (χ4n) is 4.01. The standard InChI is InChI=1S/C20H24N4O2/c1-13-22-17-8-7-15(10-18(17)23-13)20(26)21-11-14-9-19(25)24(12-14)16-5-3-2-4-6-16/h2-6,14-15H,7-12H2,1H3,(H,21,26)(H,22,23)/t14-,15+/m0/s1. The maximum atomic E-state index is 12.6. The van der Waals surface area contributed by atoms with Gasteiger partial charge in [-0.1, -0.05) is 18.2 Å². The number of hydrogen-bond donors (Lipinski definition) is 2. The first-order chi connectivity index (χ1) is 12.6. The van der Waals surface area contributed by atoms with Gasteiger partial charge in [-0.3, -0.25) is 9.59 Å². The Kier molecular flexibility index (Phi) is 4.49. The first kappa shape index (κ1) is 16.8. The van der Waals surface area contributed by atoms with Crippen molar-refractivity contribution in [2.75, 3.05) is 18.0 Å². The number of nitrogens with one attached hydrogen (secondary N) is 2. The van der Waals surface area contributed by atoms with Crippen LogP contribution in [0.3, 0.4) is 0 Å². The molecule has 1 saturated heterocycles. The Morgan fingerprint density at radius 1 is 1.31 bits per heavy atom. The van der Waals surface area contributed by atoms with Crippen LogP contribution in [0.4, 0.5) is 5.69 Å². The molecule has 1 aromatic carbocycles. The van der Waals surface area contributed by atoms with Gasteiger partial charge in [-0.05, 0) is 31.9 Å². The highest BCUT2D eigenvalue weighted by atomic mass is 16.2. The number of nitrogens with zero attached hydrogens (tertiary/aromatic N) is 2. The molecule has 0 radical (unpaired) electrons. The molecule has 0 spiro atoms. The van der Waals surface area contributed by atoms with E-state index in [4.69, 9.17) is 0 Å². The number of aromatic amines is 1. The molecule has 6 nitrogen and oxygen atoms in total. The number of fused-ring (bicyclic) bond motifs is 1. The van der Waals surface area contributed by atoms with Gasteiger partial charge in [0.15, 0.2) is 0 Å². The molecule has 2 N–H and O–H groups in total. The van der Waals surface area contributed by atoms with E-state index in [2.05, 4.69) is 15.3 Å². The van der Waals surface area contributed by atoms with Gasteiger partial charge >= 0.3 is 0 Å². The average molecular weight is 352 g/mol. The minimum absolute atomic E-state index is 0.00955. The number of amides is 2. The van der Waals surface area contributed by atoms with Crippen molar-refractivity contribution >= 4 is 17.5 Å². The first-order valence-corrected chi connectivity index (χ1v) is 9.27. The number of aryl methyl sites for hydroxylation is 2. The van der Waals surface area contributed by atoms with Crippen LogP contribution < -0.4 is 10.2 Å². The van der Waals surface area contributed by atoms with Crippen LogP contribution in [0.5, 0.6) is 0 Å². The number of carbonyl (C=O) groups excluding carboxylic acids is 2. The molecule has 0 saturated carbocycles. The minimum atomic E-state index is -0.00955. The highest BCUT2D eigenvalue weighted by molar-refractivity contribution is 5.95. The Balaban J connectivity index is 1.31. The van der Waals surface area contributed by atoms with Crippen molar-refractivity contribution in [1.29, 1.82) is 0 Å². The van der Waals surface area contributed by atoms with Crippen molar-refractivity contribution in [3.63, 3.8) is 0 Å². The van der Waals surface area contributed by atoms with Gasteiger partial charge in [0, 0.05) is 49.1 Å². The van der Waals surface area contributed by atoms with Crippen molar-refractivity contribution in [3.05, 3.63) is 47.5 Å². The summed E-state index contributed by atoms with van der Waals surface area (Å²) in [5.41, 5.74) is 3.13. The number of benzene rings is 1. The number of aromatic nitrogens is 2. The molecule has 2 aromatic rings. The molecular formula is C20H24N4O2. The number of carbonyl (C=O) groups is 2. The van der Waals surface area contributed by atoms with E-state index in [1.165, 1.54) is 0 Å². The van der Waals surface area contributed by atoms with Crippen LogP contribution >= 0.6 is 0 Å². The lowest BCUT2D eigenvalue weighted by atomic mass is 9.89. The molecule has 1 fully saturated rings. The summed E-state index contributed by atoms with van der Waals surface area (Å²) in [5, 5.41) is 3.07. The number of para-hydroxylation sites is 1. The topological polar surface area (TPSA) is 78.1 Å². The fraction of sp³-hybridized carbons (Fsp3) is 0.450. The second kappa shape index (κ2) is 6.94. The van der Waals surface area contributed by atoms with Crippen LogP contribution in [0.15, 0.2) is 30.3 Å².